The van der Waals surface area contributed by atoms with E-state index in [0.29, 0.717) is 32.8 Å². The molecule has 2 amide bonds. The van der Waals surface area contributed by atoms with Crippen LogP contribution in [0.3, 0.4) is 0 Å². The van der Waals surface area contributed by atoms with Gasteiger partial charge in [0, 0.05) is 16.6 Å². The third kappa shape index (κ3) is 5.57. The molecule has 1 heterocycles. The van der Waals surface area contributed by atoms with Crippen molar-refractivity contribution in [2.45, 2.75) is 26.4 Å². The molecule has 29 heavy (non-hydrogen) atoms. The van der Waals surface area contributed by atoms with E-state index >= 15 is 0 Å². The molecule has 0 aromatic heterocycles. The molecule has 1 saturated heterocycles. The van der Waals surface area contributed by atoms with Crippen LogP contribution in [0.2, 0.25) is 10.0 Å². The van der Waals surface area contributed by atoms with E-state index in [1.807, 2.05) is 31.2 Å². The zero-order chi connectivity index (χ0) is 21.0. The van der Waals surface area contributed by atoms with Crippen molar-refractivity contribution in [3.63, 3.8) is 0 Å². The average molecular weight is 515 g/mol. The van der Waals surface area contributed by atoms with Gasteiger partial charge in [-0.3, -0.25) is 14.5 Å². The molecule has 1 aliphatic rings. The molecular weight excluding hydrogens is 497 g/mol. The zero-order valence-corrected chi connectivity index (χ0v) is 19.5. The Kier molecular flexibility index (Phi) is 7.68. The standard InChI is InChI=1S/C21H18BrCl2NO3S/c1-2-3-8-25-20(26)19(29-21(25)27)11-14-10-15(22)5-7-18(14)28-12-13-4-6-16(23)17(24)9-13/h4-7,9-11H,2-3,8,12H2,1H3/b19-11-. The van der Waals surface area contributed by atoms with E-state index in [4.69, 9.17) is 27.9 Å². The highest BCUT2D eigenvalue weighted by Gasteiger charge is 2.34. The Balaban J connectivity index is 1.81. The highest BCUT2D eigenvalue weighted by Crippen LogP contribution is 2.35. The SMILES string of the molecule is CCCCN1C(=O)S/C(=C\c2cc(Br)ccc2OCc2ccc(Cl)c(Cl)c2)C1=O. The number of unbranched alkanes of at least 4 members (excludes halogenated alkanes) is 1. The first-order valence-corrected chi connectivity index (χ1v) is 11.4. The van der Waals surface area contributed by atoms with Crippen molar-refractivity contribution in [2.24, 2.45) is 0 Å². The molecule has 0 atom stereocenters. The fourth-order valence-corrected chi connectivity index (χ4v) is 4.26. The smallest absolute Gasteiger partial charge is 0.293 e. The summed E-state index contributed by atoms with van der Waals surface area (Å²) in [4.78, 5) is 26.5. The minimum Gasteiger partial charge on any atom is -0.488 e. The summed E-state index contributed by atoms with van der Waals surface area (Å²) in [5.74, 6) is 0.337. The molecule has 3 rings (SSSR count). The summed E-state index contributed by atoms with van der Waals surface area (Å²) in [6.45, 7) is 2.75. The molecule has 0 aliphatic carbocycles. The molecule has 8 heteroatoms. The Hall–Kier alpha value is -1.47. The number of ether oxygens (including phenoxy) is 1. The minimum absolute atomic E-state index is 0.233. The number of hydrogen-bond acceptors (Lipinski definition) is 4. The summed E-state index contributed by atoms with van der Waals surface area (Å²) in [5.41, 5.74) is 1.58. The van der Waals surface area contributed by atoms with Crippen LogP contribution >= 0.6 is 50.9 Å². The number of halogens is 3. The second-order valence-electron chi connectivity index (χ2n) is 6.41. The number of carbonyl (C=O) groups is 2. The summed E-state index contributed by atoms with van der Waals surface area (Å²) in [6.07, 6.45) is 3.41. The van der Waals surface area contributed by atoms with Gasteiger partial charge in [0.15, 0.2) is 0 Å². The van der Waals surface area contributed by atoms with Crippen molar-refractivity contribution >= 4 is 68.1 Å². The van der Waals surface area contributed by atoms with E-state index < -0.39 is 0 Å². The molecule has 0 saturated carbocycles. The van der Waals surface area contributed by atoms with Crippen molar-refractivity contribution in [1.82, 2.24) is 4.90 Å². The maximum Gasteiger partial charge on any atom is 0.293 e. The van der Waals surface area contributed by atoms with Gasteiger partial charge >= 0.3 is 0 Å². The zero-order valence-electron chi connectivity index (χ0n) is 15.6. The molecule has 4 nitrogen and oxygen atoms in total. The van der Waals surface area contributed by atoms with Gasteiger partial charge < -0.3 is 4.74 Å². The molecule has 2 aromatic rings. The second kappa shape index (κ2) is 10.0. The van der Waals surface area contributed by atoms with Gasteiger partial charge in [0.05, 0.1) is 15.0 Å². The molecule has 0 radical (unpaired) electrons. The van der Waals surface area contributed by atoms with Crippen LogP contribution < -0.4 is 4.74 Å². The van der Waals surface area contributed by atoms with Gasteiger partial charge in [-0.25, -0.2) is 0 Å². The minimum atomic E-state index is -0.260. The predicted molar refractivity (Wildman–Crippen MR) is 123 cm³/mol. The lowest BCUT2D eigenvalue weighted by Crippen LogP contribution is -2.29. The largest absolute Gasteiger partial charge is 0.488 e. The van der Waals surface area contributed by atoms with Gasteiger partial charge in [-0.1, -0.05) is 58.5 Å². The average Bonchev–Trinajstić information content (AvgIpc) is 2.95. The summed E-state index contributed by atoms with van der Waals surface area (Å²) in [6, 6.07) is 10.8. The topological polar surface area (TPSA) is 46.6 Å². The van der Waals surface area contributed by atoms with Crippen molar-refractivity contribution in [3.05, 3.63) is 66.9 Å². The number of rotatable bonds is 7. The van der Waals surface area contributed by atoms with E-state index in [1.165, 1.54) is 4.90 Å². The lowest BCUT2D eigenvalue weighted by atomic mass is 10.1. The van der Waals surface area contributed by atoms with Crippen molar-refractivity contribution in [1.29, 1.82) is 0 Å². The number of benzene rings is 2. The maximum absolute atomic E-state index is 12.6. The van der Waals surface area contributed by atoms with Crippen LogP contribution in [0.25, 0.3) is 6.08 Å². The fourth-order valence-electron chi connectivity index (χ4n) is 2.70. The van der Waals surface area contributed by atoms with Gasteiger partial charge in [0.2, 0.25) is 0 Å². The highest BCUT2D eigenvalue weighted by molar-refractivity contribution is 9.10. The number of nitrogens with zero attached hydrogens (tertiary/aromatic N) is 1. The Labute approximate surface area is 192 Å². The van der Waals surface area contributed by atoms with Crippen LogP contribution in [-0.4, -0.2) is 22.6 Å². The van der Waals surface area contributed by atoms with Crippen molar-refractivity contribution in [2.75, 3.05) is 6.54 Å². The Morgan fingerprint density at radius 1 is 1.14 bits per heavy atom. The first-order valence-electron chi connectivity index (χ1n) is 9.00. The quantitative estimate of drug-likeness (QED) is 0.367. The van der Waals surface area contributed by atoms with Crippen molar-refractivity contribution in [3.8, 4) is 5.75 Å². The number of carbonyl (C=O) groups excluding carboxylic acids is 2. The van der Waals surface area contributed by atoms with Gasteiger partial charge in [-0.2, -0.15) is 0 Å². The van der Waals surface area contributed by atoms with Crippen LogP contribution in [0.4, 0.5) is 4.79 Å². The third-order valence-corrected chi connectivity index (χ3v) is 6.39. The molecule has 0 spiro atoms. The number of hydrogen-bond donors (Lipinski definition) is 0. The van der Waals surface area contributed by atoms with E-state index in [1.54, 1.807) is 18.2 Å². The maximum atomic E-state index is 12.6. The van der Waals surface area contributed by atoms with E-state index in [0.717, 1.165) is 34.6 Å². The molecule has 152 valence electrons. The predicted octanol–water partition coefficient (Wildman–Crippen LogP) is 7.17. The van der Waals surface area contributed by atoms with Crippen LogP contribution in [0.1, 0.15) is 30.9 Å². The summed E-state index contributed by atoms with van der Waals surface area (Å²) in [5, 5.41) is 0.714. The summed E-state index contributed by atoms with van der Waals surface area (Å²) >= 11 is 16.4. The number of amides is 2. The Morgan fingerprint density at radius 2 is 1.93 bits per heavy atom. The molecule has 0 N–H and O–H groups in total. The second-order valence-corrected chi connectivity index (χ2v) is 9.13. The first-order chi connectivity index (χ1) is 13.9. The Morgan fingerprint density at radius 3 is 2.66 bits per heavy atom. The van der Waals surface area contributed by atoms with E-state index in [9.17, 15) is 9.59 Å². The summed E-state index contributed by atoms with van der Waals surface area (Å²) in [7, 11) is 0. The van der Waals surface area contributed by atoms with Crippen LogP contribution in [0.5, 0.6) is 5.75 Å². The van der Waals surface area contributed by atoms with Crippen LogP contribution in [0.15, 0.2) is 45.8 Å². The molecule has 0 unspecified atom stereocenters. The first kappa shape index (κ1) is 22.2. The van der Waals surface area contributed by atoms with E-state index in [-0.39, 0.29) is 17.8 Å². The molecule has 0 bridgehead atoms. The number of imide groups is 1. The molecule has 1 fully saturated rings. The fraction of sp³-hybridized carbons (Fsp3) is 0.238. The van der Waals surface area contributed by atoms with Crippen LogP contribution in [-0.2, 0) is 11.4 Å². The van der Waals surface area contributed by atoms with Gasteiger partial charge in [-0.05, 0) is 60.2 Å². The van der Waals surface area contributed by atoms with Gasteiger partial charge in [-0.15, -0.1) is 0 Å². The van der Waals surface area contributed by atoms with Crippen molar-refractivity contribution < 1.29 is 14.3 Å². The van der Waals surface area contributed by atoms with Crippen LogP contribution in [0, 0.1) is 0 Å². The highest BCUT2D eigenvalue weighted by atomic mass is 79.9. The van der Waals surface area contributed by atoms with Gasteiger partial charge in [0.25, 0.3) is 11.1 Å². The lowest BCUT2D eigenvalue weighted by molar-refractivity contribution is -0.122. The summed E-state index contributed by atoms with van der Waals surface area (Å²) < 4.78 is 6.79. The monoisotopic (exact) mass is 513 g/mol. The molecule has 2 aromatic carbocycles. The third-order valence-electron chi connectivity index (χ3n) is 4.25. The van der Waals surface area contributed by atoms with E-state index in [2.05, 4.69) is 15.9 Å². The Bertz CT molecular complexity index is 980. The number of thioether (sulfide) groups is 1. The normalized spacial score (nSPS) is 15.4. The van der Waals surface area contributed by atoms with Gasteiger partial charge in [0.1, 0.15) is 12.4 Å². The molecular formula is C21H18BrCl2NO3S. The molecule has 1 aliphatic heterocycles. The lowest BCUT2D eigenvalue weighted by Gasteiger charge is -2.12.